The first-order valence-electron chi connectivity index (χ1n) is 5.28. The smallest absolute Gasteiger partial charge is 0.106 e. The molecule has 0 saturated carbocycles. The molecule has 15 heavy (non-hydrogen) atoms. The Kier molecular flexibility index (Phi) is 4.32. The van der Waals surface area contributed by atoms with Crippen LogP contribution in [0.2, 0.25) is 0 Å². The topological polar surface area (TPSA) is 29.5 Å². The normalized spacial score (nSPS) is 16.3. The Hall–Kier alpha value is -0.380. The van der Waals surface area contributed by atoms with E-state index in [1.165, 1.54) is 0 Å². The van der Waals surface area contributed by atoms with Gasteiger partial charge in [0.05, 0.1) is 6.10 Å². The van der Waals surface area contributed by atoms with E-state index in [1.54, 1.807) is 11.3 Å². The maximum absolute atomic E-state index is 10.2. The van der Waals surface area contributed by atoms with E-state index in [4.69, 9.17) is 4.74 Å². The van der Waals surface area contributed by atoms with Crippen molar-refractivity contribution >= 4 is 11.3 Å². The summed E-state index contributed by atoms with van der Waals surface area (Å²) in [5, 5.41) is 14.2. The summed E-state index contributed by atoms with van der Waals surface area (Å²) in [4.78, 5) is 0. The fourth-order valence-corrected chi connectivity index (χ4v) is 2.30. The van der Waals surface area contributed by atoms with E-state index >= 15 is 0 Å². The minimum absolute atomic E-state index is 0.0582. The van der Waals surface area contributed by atoms with Crippen LogP contribution in [0.25, 0.3) is 0 Å². The van der Waals surface area contributed by atoms with Crippen molar-refractivity contribution in [2.75, 3.05) is 6.61 Å². The van der Waals surface area contributed by atoms with Gasteiger partial charge >= 0.3 is 0 Å². The molecule has 1 aromatic heterocycles. The van der Waals surface area contributed by atoms with Gasteiger partial charge in [-0.2, -0.15) is 11.3 Å². The van der Waals surface area contributed by atoms with Crippen molar-refractivity contribution in [1.82, 2.24) is 0 Å². The van der Waals surface area contributed by atoms with Gasteiger partial charge in [-0.05, 0) is 34.7 Å². The molecular formula is C12H20O2S. The Labute approximate surface area is 95.9 Å². The Morgan fingerprint density at radius 1 is 1.47 bits per heavy atom. The van der Waals surface area contributed by atoms with Crippen LogP contribution in [0.3, 0.4) is 0 Å². The molecule has 0 fully saturated rings. The molecule has 2 unspecified atom stereocenters. The van der Waals surface area contributed by atoms with Crippen molar-refractivity contribution in [2.45, 2.75) is 39.9 Å². The molecule has 0 aliphatic carbocycles. The molecule has 0 saturated heterocycles. The van der Waals surface area contributed by atoms with Crippen molar-refractivity contribution in [2.24, 2.45) is 5.41 Å². The maximum atomic E-state index is 10.2. The van der Waals surface area contributed by atoms with Gasteiger partial charge < -0.3 is 9.84 Å². The molecule has 2 atom stereocenters. The fraction of sp³-hybridized carbons (Fsp3) is 0.667. The molecule has 1 N–H and O–H groups in total. The minimum Gasteiger partial charge on any atom is -0.386 e. The third-order valence-corrected chi connectivity index (χ3v) is 3.07. The van der Waals surface area contributed by atoms with Crippen LogP contribution < -0.4 is 0 Å². The predicted molar refractivity (Wildman–Crippen MR) is 64.1 cm³/mol. The highest BCUT2D eigenvalue weighted by atomic mass is 32.1. The molecule has 0 spiro atoms. The molecule has 1 heterocycles. The van der Waals surface area contributed by atoms with Gasteiger partial charge in [0.1, 0.15) is 6.10 Å². The minimum atomic E-state index is -0.531. The maximum Gasteiger partial charge on any atom is 0.106 e. The summed E-state index contributed by atoms with van der Waals surface area (Å²) >= 11 is 1.60. The van der Waals surface area contributed by atoms with E-state index in [2.05, 4.69) is 20.8 Å². The van der Waals surface area contributed by atoms with Crippen LogP contribution in [0, 0.1) is 5.41 Å². The summed E-state index contributed by atoms with van der Waals surface area (Å²) in [7, 11) is 0. The Morgan fingerprint density at radius 2 is 2.13 bits per heavy atom. The van der Waals surface area contributed by atoms with Gasteiger partial charge in [0.25, 0.3) is 0 Å². The first kappa shape index (κ1) is 12.7. The number of ether oxygens (including phenoxy) is 1. The number of thiophene rings is 1. The second-order valence-corrected chi connectivity index (χ2v) is 5.52. The monoisotopic (exact) mass is 228 g/mol. The summed E-state index contributed by atoms with van der Waals surface area (Å²) in [6.45, 7) is 8.84. The molecule has 0 radical (unpaired) electrons. The lowest BCUT2D eigenvalue weighted by molar-refractivity contribution is -0.0897. The van der Waals surface area contributed by atoms with Gasteiger partial charge in [-0.1, -0.05) is 20.8 Å². The average Bonchev–Trinajstić information content (AvgIpc) is 2.63. The highest BCUT2D eigenvalue weighted by Gasteiger charge is 2.32. The van der Waals surface area contributed by atoms with E-state index in [0.29, 0.717) is 6.61 Å². The molecule has 1 rings (SSSR count). The molecule has 0 aliphatic rings. The Balaban J connectivity index is 2.81. The lowest BCUT2D eigenvalue weighted by atomic mass is 9.84. The van der Waals surface area contributed by atoms with Crippen molar-refractivity contribution in [3.05, 3.63) is 22.4 Å². The zero-order valence-electron chi connectivity index (χ0n) is 9.86. The van der Waals surface area contributed by atoms with Crippen LogP contribution in [0.1, 0.15) is 39.4 Å². The van der Waals surface area contributed by atoms with Crippen molar-refractivity contribution in [1.29, 1.82) is 0 Å². The Morgan fingerprint density at radius 3 is 2.53 bits per heavy atom. The summed E-state index contributed by atoms with van der Waals surface area (Å²) in [6.07, 6.45) is -0.687. The van der Waals surface area contributed by atoms with Crippen LogP contribution >= 0.6 is 11.3 Å². The Bertz CT molecular complexity index is 274. The number of aliphatic hydroxyl groups is 1. The van der Waals surface area contributed by atoms with Crippen LogP contribution in [0.4, 0.5) is 0 Å². The number of rotatable bonds is 4. The fourth-order valence-electron chi connectivity index (χ4n) is 1.61. The molecule has 86 valence electrons. The van der Waals surface area contributed by atoms with E-state index in [9.17, 15) is 5.11 Å². The largest absolute Gasteiger partial charge is 0.386 e. The molecule has 1 aromatic rings. The summed E-state index contributed by atoms with van der Waals surface area (Å²) in [5.74, 6) is 0. The van der Waals surface area contributed by atoms with Gasteiger partial charge in [-0.3, -0.25) is 0 Å². The predicted octanol–water partition coefficient (Wildman–Crippen LogP) is 3.23. The number of aliphatic hydroxyl groups excluding tert-OH is 1. The molecule has 3 heteroatoms. The van der Waals surface area contributed by atoms with Crippen LogP contribution in [-0.2, 0) is 4.74 Å². The van der Waals surface area contributed by atoms with Gasteiger partial charge in [0.15, 0.2) is 0 Å². The van der Waals surface area contributed by atoms with Crippen LogP contribution in [-0.4, -0.2) is 17.8 Å². The molecule has 0 aliphatic heterocycles. The molecule has 2 nitrogen and oxygen atoms in total. The van der Waals surface area contributed by atoms with Gasteiger partial charge in [-0.25, -0.2) is 0 Å². The van der Waals surface area contributed by atoms with Crippen LogP contribution in [0.5, 0.6) is 0 Å². The molecule has 0 bridgehead atoms. The zero-order valence-corrected chi connectivity index (χ0v) is 10.7. The third-order valence-electron chi connectivity index (χ3n) is 2.37. The number of hydrogen-bond donors (Lipinski definition) is 1. The molecular weight excluding hydrogens is 208 g/mol. The molecule has 0 aromatic carbocycles. The van der Waals surface area contributed by atoms with Gasteiger partial charge in [0.2, 0.25) is 0 Å². The van der Waals surface area contributed by atoms with Crippen LogP contribution in [0.15, 0.2) is 16.8 Å². The SMILES string of the molecule is CCOC(C(O)c1ccsc1)C(C)(C)C. The quantitative estimate of drug-likeness (QED) is 0.857. The van der Waals surface area contributed by atoms with Crippen molar-refractivity contribution in [3.8, 4) is 0 Å². The van der Waals surface area contributed by atoms with E-state index in [0.717, 1.165) is 5.56 Å². The summed E-state index contributed by atoms with van der Waals surface area (Å²) in [6, 6.07) is 1.95. The van der Waals surface area contributed by atoms with E-state index < -0.39 is 6.10 Å². The second kappa shape index (κ2) is 5.10. The summed E-state index contributed by atoms with van der Waals surface area (Å²) in [5.41, 5.74) is 0.894. The second-order valence-electron chi connectivity index (χ2n) is 4.74. The third kappa shape index (κ3) is 3.30. The first-order valence-corrected chi connectivity index (χ1v) is 6.23. The van der Waals surface area contributed by atoms with Crippen molar-refractivity contribution < 1.29 is 9.84 Å². The lowest BCUT2D eigenvalue weighted by Crippen LogP contribution is -2.35. The highest BCUT2D eigenvalue weighted by Crippen LogP contribution is 2.33. The lowest BCUT2D eigenvalue weighted by Gasteiger charge is -2.33. The zero-order chi connectivity index (χ0) is 11.5. The van der Waals surface area contributed by atoms with Gasteiger partial charge in [0, 0.05) is 6.61 Å². The van der Waals surface area contributed by atoms with Gasteiger partial charge in [-0.15, -0.1) is 0 Å². The summed E-state index contributed by atoms with van der Waals surface area (Å²) < 4.78 is 5.65. The highest BCUT2D eigenvalue weighted by molar-refractivity contribution is 7.07. The van der Waals surface area contributed by atoms with Crippen molar-refractivity contribution in [3.63, 3.8) is 0 Å². The first-order chi connectivity index (χ1) is 6.96. The van der Waals surface area contributed by atoms with E-state index in [1.807, 2.05) is 23.8 Å². The standard InChI is InChI=1S/C12H20O2S/c1-5-14-11(12(2,3)4)10(13)9-6-7-15-8-9/h6-8,10-11,13H,5H2,1-4H3. The average molecular weight is 228 g/mol. The molecule has 0 amide bonds. The number of hydrogen-bond acceptors (Lipinski definition) is 3. The van der Waals surface area contributed by atoms with E-state index in [-0.39, 0.29) is 11.5 Å².